The van der Waals surface area contributed by atoms with E-state index in [9.17, 15) is 19.2 Å². The molecule has 1 aromatic rings. The first kappa shape index (κ1) is 21.7. The summed E-state index contributed by atoms with van der Waals surface area (Å²) >= 11 is 11.6. The predicted octanol–water partition coefficient (Wildman–Crippen LogP) is 0.480. The maximum atomic E-state index is 11.9. The van der Waals surface area contributed by atoms with Crippen molar-refractivity contribution in [2.75, 3.05) is 19.6 Å². The van der Waals surface area contributed by atoms with Gasteiger partial charge in [0.05, 0.1) is 30.2 Å². The van der Waals surface area contributed by atoms with Crippen molar-refractivity contribution in [3.05, 3.63) is 33.8 Å². The summed E-state index contributed by atoms with van der Waals surface area (Å²) < 4.78 is 0. The second-order valence-corrected chi connectivity index (χ2v) is 6.43. The molecule has 0 bridgehead atoms. The number of carbonyl (C=O) groups excluding carboxylic acids is 4. The number of rotatable bonds is 8. The van der Waals surface area contributed by atoms with Crippen molar-refractivity contribution in [2.24, 2.45) is 0 Å². The molecule has 0 aliphatic rings. The van der Waals surface area contributed by atoms with Gasteiger partial charge in [-0.15, -0.1) is 0 Å². The van der Waals surface area contributed by atoms with Gasteiger partial charge in [0.1, 0.15) is 0 Å². The largest absolute Gasteiger partial charge is 0.352 e. The molecule has 0 aliphatic heterocycles. The molecule has 4 amide bonds. The molecule has 142 valence electrons. The summed E-state index contributed by atoms with van der Waals surface area (Å²) in [4.78, 5) is 46.5. The molecule has 4 N–H and O–H groups in total. The number of nitrogens with one attached hydrogen (secondary N) is 4. The third-order valence-electron chi connectivity index (χ3n) is 2.93. The standard InChI is InChI=1S/C16H20Cl2N4O4/c1-9(2)22-15(25)8-20-13(23)6-19-14(24)7-21-16(26)11-4-3-10(17)5-12(11)18/h3-5,9H,6-8H2,1-2H3,(H,19,24)(H,20,23)(H,21,26)(H,22,25). The number of hydrogen-bond acceptors (Lipinski definition) is 4. The summed E-state index contributed by atoms with van der Waals surface area (Å²) in [6.07, 6.45) is 0. The average molecular weight is 403 g/mol. The minimum atomic E-state index is -0.565. The van der Waals surface area contributed by atoms with E-state index in [0.717, 1.165) is 0 Å². The molecule has 1 rings (SSSR count). The van der Waals surface area contributed by atoms with Gasteiger partial charge in [0.15, 0.2) is 0 Å². The fourth-order valence-electron chi connectivity index (χ4n) is 1.79. The summed E-state index contributed by atoms with van der Waals surface area (Å²) in [6, 6.07) is 4.32. The Hall–Kier alpha value is -2.32. The Morgan fingerprint density at radius 3 is 1.96 bits per heavy atom. The van der Waals surface area contributed by atoms with Crippen molar-refractivity contribution >= 4 is 46.8 Å². The number of hydrogen-bond donors (Lipinski definition) is 4. The van der Waals surface area contributed by atoms with Crippen LogP contribution in [0.1, 0.15) is 24.2 Å². The highest BCUT2D eigenvalue weighted by atomic mass is 35.5. The van der Waals surface area contributed by atoms with E-state index in [1.54, 1.807) is 13.8 Å². The van der Waals surface area contributed by atoms with Crippen LogP contribution < -0.4 is 21.3 Å². The van der Waals surface area contributed by atoms with Crippen LogP contribution in [0.15, 0.2) is 18.2 Å². The first-order valence-electron chi connectivity index (χ1n) is 7.75. The second-order valence-electron chi connectivity index (χ2n) is 5.58. The van der Waals surface area contributed by atoms with Gasteiger partial charge in [-0.3, -0.25) is 19.2 Å². The van der Waals surface area contributed by atoms with Crippen LogP contribution in [0.3, 0.4) is 0 Å². The molecule has 0 heterocycles. The molecule has 0 aliphatic carbocycles. The second kappa shape index (κ2) is 10.6. The zero-order valence-electron chi connectivity index (χ0n) is 14.3. The fourth-order valence-corrected chi connectivity index (χ4v) is 2.28. The Bertz CT molecular complexity index is 695. The maximum absolute atomic E-state index is 11.9. The highest BCUT2D eigenvalue weighted by Gasteiger charge is 2.13. The maximum Gasteiger partial charge on any atom is 0.253 e. The lowest BCUT2D eigenvalue weighted by molar-refractivity contribution is -0.127. The number of halogens is 2. The van der Waals surface area contributed by atoms with Crippen molar-refractivity contribution in [1.29, 1.82) is 0 Å². The molecule has 0 saturated heterocycles. The normalized spacial score (nSPS) is 10.2. The molecule has 10 heteroatoms. The van der Waals surface area contributed by atoms with E-state index in [1.807, 2.05) is 0 Å². The van der Waals surface area contributed by atoms with Crippen molar-refractivity contribution in [3.8, 4) is 0 Å². The average Bonchev–Trinajstić information content (AvgIpc) is 2.55. The first-order chi connectivity index (χ1) is 12.2. The van der Waals surface area contributed by atoms with Crippen molar-refractivity contribution < 1.29 is 19.2 Å². The first-order valence-corrected chi connectivity index (χ1v) is 8.50. The Labute approximate surface area is 161 Å². The SMILES string of the molecule is CC(C)NC(=O)CNC(=O)CNC(=O)CNC(=O)c1ccc(Cl)cc1Cl. The molecule has 0 spiro atoms. The minimum Gasteiger partial charge on any atom is -0.352 e. The van der Waals surface area contributed by atoms with Crippen LogP contribution in [-0.4, -0.2) is 49.3 Å². The van der Waals surface area contributed by atoms with Crippen molar-refractivity contribution in [3.63, 3.8) is 0 Å². The Morgan fingerprint density at radius 2 is 1.42 bits per heavy atom. The molecular formula is C16H20Cl2N4O4. The van der Waals surface area contributed by atoms with Gasteiger partial charge in [0.25, 0.3) is 5.91 Å². The van der Waals surface area contributed by atoms with Crippen molar-refractivity contribution in [1.82, 2.24) is 21.3 Å². The Balaban J connectivity index is 2.30. The van der Waals surface area contributed by atoms with E-state index in [1.165, 1.54) is 18.2 Å². The fraction of sp³-hybridized carbons (Fsp3) is 0.375. The van der Waals surface area contributed by atoms with E-state index < -0.39 is 17.7 Å². The quantitative estimate of drug-likeness (QED) is 0.505. The van der Waals surface area contributed by atoms with E-state index in [0.29, 0.717) is 5.02 Å². The van der Waals surface area contributed by atoms with Gasteiger partial charge in [0.2, 0.25) is 17.7 Å². The van der Waals surface area contributed by atoms with E-state index in [2.05, 4.69) is 21.3 Å². The molecule has 0 fully saturated rings. The summed E-state index contributed by atoms with van der Waals surface area (Å²) in [5.74, 6) is -1.96. The van der Waals surface area contributed by atoms with Gasteiger partial charge >= 0.3 is 0 Å². The molecule has 0 atom stereocenters. The number of carbonyl (C=O) groups is 4. The highest BCUT2D eigenvalue weighted by molar-refractivity contribution is 6.36. The lowest BCUT2D eigenvalue weighted by Crippen LogP contribution is -2.45. The molecule has 1 aromatic carbocycles. The van der Waals surface area contributed by atoms with Crippen LogP contribution in [-0.2, 0) is 14.4 Å². The van der Waals surface area contributed by atoms with Crippen LogP contribution in [0.5, 0.6) is 0 Å². The number of amides is 4. The molecule has 0 saturated carbocycles. The molecule has 0 radical (unpaired) electrons. The van der Waals surface area contributed by atoms with Gasteiger partial charge in [0, 0.05) is 11.1 Å². The lowest BCUT2D eigenvalue weighted by Gasteiger charge is -2.10. The van der Waals surface area contributed by atoms with Gasteiger partial charge < -0.3 is 21.3 Å². The lowest BCUT2D eigenvalue weighted by atomic mass is 10.2. The smallest absolute Gasteiger partial charge is 0.253 e. The Morgan fingerprint density at radius 1 is 0.885 bits per heavy atom. The van der Waals surface area contributed by atoms with E-state index in [-0.39, 0.29) is 42.2 Å². The van der Waals surface area contributed by atoms with E-state index >= 15 is 0 Å². The van der Waals surface area contributed by atoms with Gasteiger partial charge in [-0.05, 0) is 32.0 Å². The summed E-state index contributed by atoms with van der Waals surface area (Å²) in [5, 5.41) is 10.2. The third kappa shape index (κ3) is 8.17. The third-order valence-corrected chi connectivity index (χ3v) is 3.47. The van der Waals surface area contributed by atoms with E-state index in [4.69, 9.17) is 23.2 Å². The van der Waals surface area contributed by atoms with Crippen LogP contribution >= 0.6 is 23.2 Å². The van der Waals surface area contributed by atoms with Crippen LogP contribution in [0.4, 0.5) is 0 Å². The van der Waals surface area contributed by atoms with Crippen molar-refractivity contribution in [2.45, 2.75) is 19.9 Å². The molecule has 0 aromatic heterocycles. The van der Waals surface area contributed by atoms with Gasteiger partial charge in [-0.2, -0.15) is 0 Å². The molecule has 8 nitrogen and oxygen atoms in total. The van der Waals surface area contributed by atoms with Gasteiger partial charge in [-0.25, -0.2) is 0 Å². The predicted molar refractivity (Wildman–Crippen MR) is 98.1 cm³/mol. The summed E-state index contributed by atoms with van der Waals surface area (Å²) in [6.45, 7) is 2.76. The monoisotopic (exact) mass is 402 g/mol. The van der Waals surface area contributed by atoms with Gasteiger partial charge in [-0.1, -0.05) is 23.2 Å². The Kier molecular flexibility index (Phi) is 8.87. The molecule has 0 unspecified atom stereocenters. The summed E-state index contributed by atoms with van der Waals surface area (Å²) in [7, 11) is 0. The summed E-state index contributed by atoms with van der Waals surface area (Å²) in [5.41, 5.74) is 0.178. The van der Waals surface area contributed by atoms with Crippen LogP contribution in [0.2, 0.25) is 10.0 Å². The highest BCUT2D eigenvalue weighted by Crippen LogP contribution is 2.20. The minimum absolute atomic E-state index is 0.0307. The molecular weight excluding hydrogens is 383 g/mol. The molecule has 26 heavy (non-hydrogen) atoms. The topological polar surface area (TPSA) is 116 Å². The number of benzene rings is 1. The van der Waals surface area contributed by atoms with Crippen LogP contribution in [0, 0.1) is 0 Å². The zero-order chi connectivity index (χ0) is 19.7. The van der Waals surface area contributed by atoms with Crippen LogP contribution in [0.25, 0.3) is 0 Å². The zero-order valence-corrected chi connectivity index (χ0v) is 15.8.